The smallest absolute Gasteiger partial charge is 0.0599 e. The minimum Gasteiger partial charge on any atom is -0.378 e. The Morgan fingerprint density at radius 3 is 2.61 bits per heavy atom. The van der Waals surface area contributed by atoms with E-state index in [0.717, 1.165) is 6.61 Å². The summed E-state index contributed by atoms with van der Waals surface area (Å²) in [6.07, 6.45) is 7.03. The number of rotatable bonds is 5. The first-order chi connectivity index (χ1) is 8.78. The molecule has 2 saturated heterocycles. The van der Waals surface area contributed by atoms with Crippen LogP contribution in [-0.4, -0.2) is 50.3 Å². The van der Waals surface area contributed by atoms with Gasteiger partial charge in [-0.05, 0) is 51.0 Å². The average Bonchev–Trinajstić information content (AvgIpc) is 2.42. The van der Waals surface area contributed by atoms with Gasteiger partial charge < -0.3 is 15.0 Å². The quantitative estimate of drug-likeness (QED) is 0.814. The van der Waals surface area contributed by atoms with Gasteiger partial charge in [-0.25, -0.2) is 0 Å². The molecular weight excluding hydrogens is 224 g/mol. The Labute approximate surface area is 112 Å². The van der Waals surface area contributed by atoms with E-state index >= 15 is 0 Å². The zero-order valence-corrected chi connectivity index (χ0v) is 12.2. The summed E-state index contributed by atoms with van der Waals surface area (Å²) in [5, 5.41) is 3.59. The Balaban J connectivity index is 1.79. The molecule has 0 aliphatic carbocycles. The molecule has 3 heteroatoms. The van der Waals surface area contributed by atoms with E-state index < -0.39 is 0 Å². The second-order valence-electron chi connectivity index (χ2n) is 6.06. The molecule has 3 nitrogen and oxygen atoms in total. The van der Waals surface area contributed by atoms with Crippen molar-refractivity contribution in [1.82, 2.24) is 10.2 Å². The molecule has 2 aliphatic rings. The van der Waals surface area contributed by atoms with Gasteiger partial charge in [0.15, 0.2) is 0 Å². The van der Waals surface area contributed by atoms with Crippen LogP contribution in [0.1, 0.15) is 46.0 Å². The van der Waals surface area contributed by atoms with Crippen LogP contribution in [-0.2, 0) is 4.74 Å². The number of hydrogen-bond donors (Lipinski definition) is 1. The van der Waals surface area contributed by atoms with E-state index in [4.69, 9.17) is 4.74 Å². The molecule has 0 spiro atoms. The van der Waals surface area contributed by atoms with E-state index in [9.17, 15) is 0 Å². The van der Waals surface area contributed by atoms with E-state index in [0.29, 0.717) is 11.5 Å². The van der Waals surface area contributed by atoms with Crippen molar-refractivity contribution < 1.29 is 4.74 Å². The molecule has 0 radical (unpaired) electrons. The zero-order valence-electron chi connectivity index (χ0n) is 12.2. The molecular formula is C15H30N2O. The monoisotopic (exact) mass is 254 g/mol. The van der Waals surface area contributed by atoms with Gasteiger partial charge in [-0.15, -0.1) is 0 Å². The van der Waals surface area contributed by atoms with Gasteiger partial charge in [0.25, 0.3) is 0 Å². The van der Waals surface area contributed by atoms with E-state index in [-0.39, 0.29) is 0 Å². The molecule has 2 aliphatic heterocycles. The summed E-state index contributed by atoms with van der Waals surface area (Å²) in [6, 6.07) is 0. The highest BCUT2D eigenvalue weighted by Gasteiger charge is 2.33. The number of ether oxygens (including phenoxy) is 1. The van der Waals surface area contributed by atoms with E-state index in [1.165, 1.54) is 64.8 Å². The van der Waals surface area contributed by atoms with Crippen molar-refractivity contribution in [3.63, 3.8) is 0 Å². The minimum absolute atomic E-state index is 0.522. The van der Waals surface area contributed by atoms with Crippen molar-refractivity contribution in [3.05, 3.63) is 0 Å². The largest absolute Gasteiger partial charge is 0.378 e. The highest BCUT2D eigenvalue weighted by atomic mass is 16.5. The van der Waals surface area contributed by atoms with Crippen molar-refractivity contribution in [2.24, 2.45) is 5.41 Å². The third-order valence-corrected chi connectivity index (χ3v) is 4.81. The molecule has 1 atom stereocenters. The average molecular weight is 254 g/mol. The first kappa shape index (κ1) is 14.3. The maximum absolute atomic E-state index is 5.73. The van der Waals surface area contributed by atoms with Crippen LogP contribution < -0.4 is 5.32 Å². The summed E-state index contributed by atoms with van der Waals surface area (Å²) in [5.74, 6) is 0. The first-order valence-electron chi connectivity index (χ1n) is 7.83. The number of likely N-dealkylation sites (tertiary alicyclic amines) is 1. The van der Waals surface area contributed by atoms with E-state index in [1.54, 1.807) is 0 Å². The van der Waals surface area contributed by atoms with Gasteiger partial charge in [0.2, 0.25) is 0 Å². The Morgan fingerprint density at radius 1 is 1.28 bits per heavy atom. The maximum atomic E-state index is 5.73. The van der Waals surface area contributed by atoms with Crippen LogP contribution >= 0.6 is 0 Å². The highest BCUT2D eigenvalue weighted by molar-refractivity contribution is 4.88. The Hall–Kier alpha value is -0.120. The SMILES string of the molecule is CCOC1CCN(CC2(CC)CCCNC2)CC1. The Kier molecular flexibility index (Phi) is 5.46. The molecule has 1 unspecified atom stereocenters. The van der Waals surface area contributed by atoms with Crippen LogP contribution in [0.2, 0.25) is 0 Å². The van der Waals surface area contributed by atoms with Gasteiger partial charge in [0.05, 0.1) is 6.10 Å². The lowest BCUT2D eigenvalue weighted by atomic mass is 9.77. The van der Waals surface area contributed by atoms with Crippen LogP contribution in [0.5, 0.6) is 0 Å². The normalized spacial score (nSPS) is 31.7. The van der Waals surface area contributed by atoms with Gasteiger partial charge in [-0.2, -0.15) is 0 Å². The molecule has 0 aromatic heterocycles. The van der Waals surface area contributed by atoms with Crippen molar-refractivity contribution in [3.8, 4) is 0 Å². The molecule has 2 heterocycles. The number of nitrogens with one attached hydrogen (secondary N) is 1. The van der Waals surface area contributed by atoms with Crippen LogP contribution in [0.4, 0.5) is 0 Å². The molecule has 106 valence electrons. The lowest BCUT2D eigenvalue weighted by molar-refractivity contribution is 0.000482. The molecule has 0 amide bonds. The fourth-order valence-electron chi connectivity index (χ4n) is 3.52. The molecule has 2 rings (SSSR count). The highest BCUT2D eigenvalue weighted by Crippen LogP contribution is 2.32. The Morgan fingerprint density at radius 2 is 2.06 bits per heavy atom. The number of piperidine rings is 2. The lowest BCUT2D eigenvalue weighted by Crippen LogP contribution is -2.49. The van der Waals surface area contributed by atoms with Gasteiger partial charge in [-0.3, -0.25) is 0 Å². The standard InChI is InChI=1S/C15H30N2O/c1-3-15(8-5-9-16-12-15)13-17-10-6-14(7-11-17)18-4-2/h14,16H,3-13H2,1-2H3. The van der Waals surface area contributed by atoms with Crippen LogP contribution in [0.3, 0.4) is 0 Å². The molecule has 18 heavy (non-hydrogen) atoms. The predicted octanol–water partition coefficient (Wildman–Crippen LogP) is 2.27. The molecule has 0 aromatic rings. The predicted molar refractivity (Wildman–Crippen MR) is 75.9 cm³/mol. The van der Waals surface area contributed by atoms with Crippen LogP contribution in [0.25, 0.3) is 0 Å². The summed E-state index contributed by atoms with van der Waals surface area (Å²) in [7, 11) is 0. The molecule has 0 saturated carbocycles. The summed E-state index contributed by atoms with van der Waals surface area (Å²) in [5.41, 5.74) is 0.538. The fraction of sp³-hybridized carbons (Fsp3) is 1.00. The summed E-state index contributed by atoms with van der Waals surface area (Å²) in [6.45, 7) is 11.5. The second-order valence-corrected chi connectivity index (χ2v) is 6.06. The van der Waals surface area contributed by atoms with Gasteiger partial charge >= 0.3 is 0 Å². The van der Waals surface area contributed by atoms with Crippen molar-refractivity contribution in [2.75, 3.05) is 39.3 Å². The second kappa shape index (κ2) is 6.88. The summed E-state index contributed by atoms with van der Waals surface area (Å²) >= 11 is 0. The first-order valence-corrected chi connectivity index (χ1v) is 7.83. The van der Waals surface area contributed by atoms with Crippen molar-refractivity contribution in [2.45, 2.75) is 52.1 Å². The van der Waals surface area contributed by atoms with Crippen molar-refractivity contribution >= 4 is 0 Å². The van der Waals surface area contributed by atoms with Crippen LogP contribution in [0.15, 0.2) is 0 Å². The van der Waals surface area contributed by atoms with Gasteiger partial charge in [0, 0.05) is 32.8 Å². The molecule has 0 aromatic carbocycles. The lowest BCUT2D eigenvalue weighted by Gasteiger charge is -2.43. The molecule has 2 fully saturated rings. The topological polar surface area (TPSA) is 24.5 Å². The minimum atomic E-state index is 0.522. The van der Waals surface area contributed by atoms with E-state index in [2.05, 4.69) is 24.1 Å². The van der Waals surface area contributed by atoms with Gasteiger partial charge in [-0.1, -0.05) is 6.92 Å². The zero-order chi connectivity index (χ0) is 12.8. The molecule has 1 N–H and O–H groups in total. The fourth-order valence-corrected chi connectivity index (χ4v) is 3.52. The third-order valence-electron chi connectivity index (χ3n) is 4.81. The number of nitrogens with zero attached hydrogens (tertiary/aromatic N) is 1. The van der Waals surface area contributed by atoms with Crippen molar-refractivity contribution in [1.29, 1.82) is 0 Å². The Bertz CT molecular complexity index is 231. The third kappa shape index (κ3) is 3.69. The van der Waals surface area contributed by atoms with Gasteiger partial charge in [0.1, 0.15) is 0 Å². The number of hydrogen-bond acceptors (Lipinski definition) is 3. The van der Waals surface area contributed by atoms with E-state index in [1.807, 2.05) is 0 Å². The molecule has 0 bridgehead atoms. The summed E-state index contributed by atoms with van der Waals surface area (Å²) < 4.78 is 5.73. The van der Waals surface area contributed by atoms with Crippen LogP contribution in [0, 0.1) is 5.41 Å². The summed E-state index contributed by atoms with van der Waals surface area (Å²) in [4.78, 5) is 2.67. The maximum Gasteiger partial charge on any atom is 0.0599 e.